The summed E-state index contributed by atoms with van der Waals surface area (Å²) >= 11 is 0. The van der Waals surface area contributed by atoms with Gasteiger partial charge in [-0.1, -0.05) is 0 Å². The lowest BCUT2D eigenvalue weighted by Crippen LogP contribution is -2.43. The van der Waals surface area contributed by atoms with E-state index in [0.717, 1.165) is 31.6 Å². The highest BCUT2D eigenvalue weighted by Crippen LogP contribution is 2.28. The predicted octanol–water partition coefficient (Wildman–Crippen LogP) is 1.73. The molecule has 17 heavy (non-hydrogen) atoms. The van der Waals surface area contributed by atoms with Gasteiger partial charge in [-0.2, -0.15) is 0 Å². The fourth-order valence-corrected chi connectivity index (χ4v) is 2.67. The number of hydrogen-bond acceptors (Lipinski definition) is 3. The van der Waals surface area contributed by atoms with E-state index < -0.39 is 0 Å². The van der Waals surface area contributed by atoms with Crippen LogP contribution in [0.25, 0.3) is 0 Å². The molecule has 1 heterocycles. The molecule has 0 aromatic rings. The summed E-state index contributed by atoms with van der Waals surface area (Å²) in [7, 11) is 2.23. The van der Waals surface area contributed by atoms with Crippen molar-refractivity contribution in [3.05, 3.63) is 0 Å². The Morgan fingerprint density at radius 1 is 1.35 bits per heavy atom. The Balaban J connectivity index is 1.51. The first-order valence-electron chi connectivity index (χ1n) is 7.25. The van der Waals surface area contributed by atoms with Crippen LogP contribution in [-0.2, 0) is 4.74 Å². The zero-order chi connectivity index (χ0) is 12.1. The topological polar surface area (TPSA) is 24.5 Å². The SMILES string of the molecule is CC(NCCOCC1CC1)C1CCCN(C)C1. The van der Waals surface area contributed by atoms with Crippen LogP contribution >= 0.6 is 0 Å². The second-order valence-corrected chi connectivity index (χ2v) is 5.93. The third-order valence-corrected chi connectivity index (χ3v) is 4.13. The van der Waals surface area contributed by atoms with E-state index in [2.05, 4.69) is 24.2 Å². The predicted molar refractivity (Wildman–Crippen MR) is 71.2 cm³/mol. The van der Waals surface area contributed by atoms with Crippen LogP contribution in [0.3, 0.4) is 0 Å². The molecular weight excluding hydrogens is 212 g/mol. The highest BCUT2D eigenvalue weighted by Gasteiger charge is 2.23. The van der Waals surface area contributed by atoms with Crippen molar-refractivity contribution >= 4 is 0 Å². The second-order valence-electron chi connectivity index (χ2n) is 5.93. The summed E-state index contributed by atoms with van der Waals surface area (Å²) in [5, 5.41) is 3.62. The summed E-state index contributed by atoms with van der Waals surface area (Å²) in [4.78, 5) is 2.45. The summed E-state index contributed by atoms with van der Waals surface area (Å²) in [6.45, 7) is 7.72. The number of nitrogens with one attached hydrogen (secondary N) is 1. The van der Waals surface area contributed by atoms with Crippen molar-refractivity contribution in [3.8, 4) is 0 Å². The van der Waals surface area contributed by atoms with Crippen LogP contribution in [0, 0.1) is 11.8 Å². The maximum absolute atomic E-state index is 5.64. The molecule has 3 nitrogen and oxygen atoms in total. The Morgan fingerprint density at radius 3 is 2.88 bits per heavy atom. The largest absolute Gasteiger partial charge is 0.380 e. The summed E-state index contributed by atoms with van der Waals surface area (Å²) < 4.78 is 5.64. The van der Waals surface area contributed by atoms with Crippen LogP contribution in [0.5, 0.6) is 0 Å². The number of ether oxygens (including phenoxy) is 1. The molecule has 0 radical (unpaired) electrons. The van der Waals surface area contributed by atoms with Gasteiger partial charge in [-0.3, -0.25) is 0 Å². The summed E-state index contributed by atoms with van der Waals surface area (Å²) in [6, 6.07) is 0.627. The molecule has 0 aromatic heterocycles. The number of piperidine rings is 1. The second kappa shape index (κ2) is 6.72. The first-order chi connectivity index (χ1) is 8.25. The highest BCUT2D eigenvalue weighted by atomic mass is 16.5. The van der Waals surface area contributed by atoms with E-state index in [0.29, 0.717) is 6.04 Å². The smallest absolute Gasteiger partial charge is 0.0591 e. The van der Waals surface area contributed by atoms with Crippen molar-refractivity contribution in [3.63, 3.8) is 0 Å². The Labute approximate surface area is 106 Å². The van der Waals surface area contributed by atoms with Gasteiger partial charge in [0.2, 0.25) is 0 Å². The molecule has 100 valence electrons. The molecule has 2 fully saturated rings. The molecule has 0 amide bonds. The van der Waals surface area contributed by atoms with Gasteiger partial charge in [-0.25, -0.2) is 0 Å². The molecule has 2 rings (SSSR count). The molecule has 2 unspecified atom stereocenters. The standard InChI is InChI=1S/C14H28N2O/c1-12(14-4-3-8-16(2)10-14)15-7-9-17-11-13-5-6-13/h12-15H,3-11H2,1-2H3. The monoisotopic (exact) mass is 240 g/mol. The van der Waals surface area contributed by atoms with Gasteiger partial charge in [0, 0.05) is 25.7 Å². The number of nitrogens with zero attached hydrogens (tertiary/aromatic N) is 1. The average molecular weight is 240 g/mol. The number of likely N-dealkylation sites (tertiary alicyclic amines) is 1. The van der Waals surface area contributed by atoms with E-state index >= 15 is 0 Å². The van der Waals surface area contributed by atoms with E-state index in [1.807, 2.05) is 0 Å². The minimum Gasteiger partial charge on any atom is -0.380 e. The minimum absolute atomic E-state index is 0.627. The van der Waals surface area contributed by atoms with Crippen molar-refractivity contribution in [1.82, 2.24) is 10.2 Å². The van der Waals surface area contributed by atoms with E-state index in [4.69, 9.17) is 4.74 Å². The van der Waals surface area contributed by atoms with Gasteiger partial charge in [0.05, 0.1) is 6.61 Å². The highest BCUT2D eigenvalue weighted by molar-refractivity contribution is 4.79. The maximum Gasteiger partial charge on any atom is 0.0591 e. The van der Waals surface area contributed by atoms with Crippen LogP contribution in [-0.4, -0.2) is 50.8 Å². The van der Waals surface area contributed by atoms with Crippen LogP contribution in [0.15, 0.2) is 0 Å². The number of rotatable bonds is 7. The van der Waals surface area contributed by atoms with Crippen molar-refractivity contribution in [1.29, 1.82) is 0 Å². The molecule has 0 aromatic carbocycles. The Hall–Kier alpha value is -0.120. The molecule has 3 heteroatoms. The normalized spacial score (nSPS) is 28.2. The maximum atomic E-state index is 5.64. The van der Waals surface area contributed by atoms with Gasteiger partial charge < -0.3 is 15.0 Å². The van der Waals surface area contributed by atoms with Gasteiger partial charge in [-0.15, -0.1) is 0 Å². The Morgan fingerprint density at radius 2 is 2.18 bits per heavy atom. The van der Waals surface area contributed by atoms with E-state index in [9.17, 15) is 0 Å². The minimum atomic E-state index is 0.627. The third-order valence-electron chi connectivity index (χ3n) is 4.13. The van der Waals surface area contributed by atoms with Gasteiger partial charge >= 0.3 is 0 Å². The van der Waals surface area contributed by atoms with Gasteiger partial charge in [0.15, 0.2) is 0 Å². The first kappa shape index (κ1) is 13.3. The zero-order valence-electron chi connectivity index (χ0n) is 11.5. The fourth-order valence-electron chi connectivity index (χ4n) is 2.67. The van der Waals surface area contributed by atoms with E-state index in [-0.39, 0.29) is 0 Å². The van der Waals surface area contributed by atoms with Crippen LogP contribution in [0.1, 0.15) is 32.6 Å². The molecular formula is C14H28N2O. The van der Waals surface area contributed by atoms with Crippen LogP contribution in [0.2, 0.25) is 0 Å². The van der Waals surface area contributed by atoms with Gasteiger partial charge in [0.1, 0.15) is 0 Å². The molecule has 1 saturated heterocycles. The van der Waals surface area contributed by atoms with Crippen LogP contribution in [0.4, 0.5) is 0 Å². The quantitative estimate of drug-likeness (QED) is 0.686. The van der Waals surface area contributed by atoms with Crippen molar-refractivity contribution < 1.29 is 4.74 Å². The first-order valence-corrected chi connectivity index (χ1v) is 7.25. The molecule has 1 aliphatic carbocycles. The summed E-state index contributed by atoms with van der Waals surface area (Å²) in [6.07, 6.45) is 5.50. The Bertz CT molecular complexity index is 218. The molecule has 1 aliphatic heterocycles. The van der Waals surface area contributed by atoms with Crippen molar-refractivity contribution in [2.24, 2.45) is 11.8 Å². The lowest BCUT2D eigenvalue weighted by molar-refractivity contribution is 0.118. The summed E-state index contributed by atoms with van der Waals surface area (Å²) in [5.41, 5.74) is 0. The molecule has 2 atom stereocenters. The third kappa shape index (κ3) is 4.94. The molecule has 2 aliphatic rings. The molecule has 1 N–H and O–H groups in total. The average Bonchev–Trinajstić information content (AvgIpc) is 3.12. The molecule has 0 spiro atoms. The number of hydrogen-bond donors (Lipinski definition) is 1. The lowest BCUT2D eigenvalue weighted by atomic mass is 9.92. The van der Waals surface area contributed by atoms with E-state index in [1.54, 1.807) is 0 Å². The van der Waals surface area contributed by atoms with Crippen molar-refractivity contribution in [2.75, 3.05) is 39.9 Å². The van der Waals surface area contributed by atoms with Gasteiger partial charge in [-0.05, 0) is 58.0 Å². The zero-order valence-corrected chi connectivity index (χ0v) is 11.5. The fraction of sp³-hybridized carbons (Fsp3) is 1.00. The van der Waals surface area contributed by atoms with Crippen molar-refractivity contribution in [2.45, 2.75) is 38.6 Å². The van der Waals surface area contributed by atoms with Crippen LogP contribution < -0.4 is 5.32 Å². The molecule has 1 saturated carbocycles. The van der Waals surface area contributed by atoms with Gasteiger partial charge in [0.25, 0.3) is 0 Å². The lowest BCUT2D eigenvalue weighted by Gasteiger charge is -2.34. The van der Waals surface area contributed by atoms with E-state index in [1.165, 1.54) is 38.8 Å². The Kier molecular flexibility index (Phi) is 5.26. The molecule has 0 bridgehead atoms. The summed E-state index contributed by atoms with van der Waals surface area (Å²) in [5.74, 6) is 1.71.